The minimum absolute atomic E-state index is 0.00523. The molecular formula is C27H29N5O. The largest absolute Gasteiger partial charge is 0.362 e. The second kappa shape index (κ2) is 9.06. The molecule has 0 atom stereocenters. The summed E-state index contributed by atoms with van der Waals surface area (Å²) in [6, 6.07) is 22.6. The van der Waals surface area contributed by atoms with Crippen molar-refractivity contribution in [2.24, 2.45) is 0 Å². The van der Waals surface area contributed by atoms with Crippen LogP contribution in [0.4, 0.5) is 11.8 Å². The highest BCUT2D eigenvalue weighted by atomic mass is 16.1. The second-order valence-corrected chi connectivity index (χ2v) is 9.01. The maximum atomic E-state index is 12.8. The van der Waals surface area contributed by atoms with E-state index in [1.165, 1.54) is 0 Å². The molecule has 1 amide bonds. The van der Waals surface area contributed by atoms with Crippen molar-refractivity contribution in [2.75, 3.05) is 24.3 Å². The molecule has 168 valence electrons. The number of aromatic nitrogens is 2. The summed E-state index contributed by atoms with van der Waals surface area (Å²) in [5, 5.41) is 10.0. The van der Waals surface area contributed by atoms with E-state index in [0.717, 1.165) is 58.7 Å². The molecule has 6 heteroatoms. The summed E-state index contributed by atoms with van der Waals surface area (Å²) < 4.78 is 0. The van der Waals surface area contributed by atoms with Crippen LogP contribution < -0.4 is 15.5 Å². The number of benzene rings is 3. The van der Waals surface area contributed by atoms with Gasteiger partial charge in [-0.2, -0.15) is 4.98 Å². The number of hydrogen-bond donors (Lipinski definition) is 2. The van der Waals surface area contributed by atoms with E-state index in [4.69, 9.17) is 9.97 Å². The highest BCUT2D eigenvalue weighted by Gasteiger charge is 2.24. The van der Waals surface area contributed by atoms with E-state index in [1.54, 1.807) is 0 Å². The van der Waals surface area contributed by atoms with E-state index >= 15 is 0 Å². The molecule has 4 aromatic rings. The van der Waals surface area contributed by atoms with Crippen molar-refractivity contribution < 1.29 is 4.79 Å². The highest BCUT2D eigenvalue weighted by molar-refractivity contribution is 5.98. The first-order valence-electron chi connectivity index (χ1n) is 11.6. The molecule has 33 heavy (non-hydrogen) atoms. The van der Waals surface area contributed by atoms with Crippen LogP contribution in [0.15, 0.2) is 66.7 Å². The minimum atomic E-state index is 0.00523. The van der Waals surface area contributed by atoms with Gasteiger partial charge in [-0.3, -0.25) is 4.79 Å². The Morgan fingerprint density at radius 1 is 0.848 bits per heavy atom. The molecule has 6 nitrogen and oxygen atoms in total. The van der Waals surface area contributed by atoms with Gasteiger partial charge in [0.25, 0.3) is 5.91 Å². The first-order valence-corrected chi connectivity index (χ1v) is 11.6. The first-order chi connectivity index (χ1) is 16.1. The number of carbonyl (C=O) groups excluding carboxylic acids is 1. The Morgan fingerprint density at radius 3 is 2.33 bits per heavy atom. The molecule has 0 unspecified atom stereocenters. The maximum Gasteiger partial charge on any atom is 0.251 e. The number of carbonyl (C=O) groups is 1. The number of anilines is 2. The van der Waals surface area contributed by atoms with Crippen molar-refractivity contribution in [3.63, 3.8) is 0 Å². The zero-order valence-electron chi connectivity index (χ0n) is 19.1. The van der Waals surface area contributed by atoms with Crippen LogP contribution in [0.1, 0.15) is 36.0 Å². The maximum absolute atomic E-state index is 12.8. The fourth-order valence-electron chi connectivity index (χ4n) is 4.63. The number of hydrogen-bond acceptors (Lipinski definition) is 5. The van der Waals surface area contributed by atoms with Gasteiger partial charge in [-0.25, -0.2) is 4.98 Å². The van der Waals surface area contributed by atoms with Crippen LogP contribution >= 0.6 is 0 Å². The predicted octanol–water partition coefficient (Wildman–Crippen LogP) is 5.00. The third-order valence-corrected chi connectivity index (χ3v) is 6.41. The fraction of sp³-hybridized carbons (Fsp3) is 0.296. The Kier molecular flexibility index (Phi) is 5.82. The summed E-state index contributed by atoms with van der Waals surface area (Å²) in [4.78, 5) is 24.3. The topological polar surface area (TPSA) is 70.2 Å². The van der Waals surface area contributed by atoms with E-state index in [0.29, 0.717) is 12.0 Å². The van der Waals surface area contributed by atoms with E-state index < -0.39 is 0 Å². The molecule has 0 spiro atoms. The Morgan fingerprint density at radius 2 is 1.55 bits per heavy atom. The van der Waals surface area contributed by atoms with Gasteiger partial charge in [0.15, 0.2) is 0 Å². The molecule has 2 N–H and O–H groups in total. The molecule has 1 aromatic heterocycles. The van der Waals surface area contributed by atoms with Crippen molar-refractivity contribution in [1.29, 1.82) is 0 Å². The zero-order valence-corrected chi connectivity index (χ0v) is 19.1. The molecule has 1 aliphatic rings. The summed E-state index contributed by atoms with van der Waals surface area (Å²) in [5.74, 6) is 1.59. The molecule has 1 fully saturated rings. The third kappa shape index (κ3) is 4.60. The number of rotatable bonds is 5. The van der Waals surface area contributed by atoms with Crippen LogP contribution in [0, 0.1) is 0 Å². The number of amides is 1. The quantitative estimate of drug-likeness (QED) is 0.458. The van der Waals surface area contributed by atoms with Crippen LogP contribution in [0.5, 0.6) is 0 Å². The molecule has 1 aliphatic carbocycles. The Labute approximate surface area is 194 Å². The first kappa shape index (κ1) is 21.2. The Bertz CT molecular complexity index is 1290. The summed E-state index contributed by atoms with van der Waals surface area (Å²) in [6.07, 6.45) is 3.81. The highest BCUT2D eigenvalue weighted by Crippen LogP contribution is 2.26. The lowest BCUT2D eigenvalue weighted by molar-refractivity contribution is 0.0926. The average Bonchev–Trinajstić information content (AvgIpc) is 2.84. The van der Waals surface area contributed by atoms with Gasteiger partial charge in [-0.05, 0) is 60.7 Å². The second-order valence-electron chi connectivity index (χ2n) is 9.01. The van der Waals surface area contributed by atoms with Crippen molar-refractivity contribution in [2.45, 2.75) is 37.8 Å². The lowest BCUT2D eigenvalue weighted by Crippen LogP contribution is -2.40. The summed E-state index contributed by atoms with van der Waals surface area (Å²) in [5.41, 5.74) is 1.66. The normalized spacial score (nSPS) is 18.2. The van der Waals surface area contributed by atoms with Crippen LogP contribution in [0.2, 0.25) is 0 Å². The minimum Gasteiger partial charge on any atom is -0.362 e. The van der Waals surface area contributed by atoms with Crippen molar-refractivity contribution >= 4 is 39.3 Å². The van der Waals surface area contributed by atoms with Crippen molar-refractivity contribution in [1.82, 2.24) is 15.3 Å². The Hall–Kier alpha value is -3.67. The lowest BCUT2D eigenvalue weighted by Gasteiger charge is -2.30. The number of para-hydroxylation sites is 1. The molecular weight excluding hydrogens is 410 g/mol. The van der Waals surface area contributed by atoms with Gasteiger partial charge in [-0.1, -0.05) is 42.5 Å². The molecule has 0 saturated heterocycles. The van der Waals surface area contributed by atoms with Crippen LogP contribution in [-0.4, -0.2) is 42.1 Å². The Balaban J connectivity index is 1.21. The SMILES string of the molecule is CN(C)c1nc(NC2CCC(NC(=O)c3ccc4ccccc4c3)CC2)nc2ccccc12. The smallest absolute Gasteiger partial charge is 0.251 e. The summed E-state index contributed by atoms with van der Waals surface area (Å²) in [7, 11) is 4.00. The van der Waals surface area contributed by atoms with Gasteiger partial charge < -0.3 is 15.5 Å². The lowest BCUT2D eigenvalue weighted by atomic mass is 9.91. The van der Waals surface area contributed by atoms with Crippen molar-refractivity contribution in [3.05, 3.63) is 72.3 Å². The monoisotopic (exact) mass is 439 g/mol. The van der Waals surface area contributed by atoms with Crippen LogP contribution in [0.25, 0.3) is 21.7 Å². The standard InChI is InChI=1S/C27H29N5O/c1-32(2)25-23-9-5-6-10-24(23)30-27(31-25)29-22-15-13-21(14-16-22)28-26(33)20-12-11-18-7-3-4-8-19(18)17-20/h3-12,17,21-22H,13-16H2,1-2H3,(H,28,33)(H,29,30,31). The van der Waals surface area contributed by atoms with Crippen LogP contribution in [0.3, 0.4) is 0 Å². The zero-order chi connectivity index (χ0) is 22.8. The molecule has 0 aliphatic heterocycles. The molecule has 3 aromatic carbocycles. The molecule has 1 heterocycles. The number of nitrogens with zero attached hydrogens (tertiary/aromatic N) is 3. The van der Waals surface area contributed by atoms with E-state index in [2.05, 4.69) is 22.8 Å². The predicted molar refractivity (Wildman–Crippen MR) is 135 cm³/mol. The average molecular weight is 440 g/mol. The third-order valence-electron chi connectivity index (χ3n) is 6.41. The number of nitrogens with one attached hydrogen (secondary N) is 2. The van der Waals surface area contributed by atoms with Gasteiger partial charge >= 0.3 is 0 Å². The van der Waals surface area contributed by atoms with E-state index in [-0.39, 0.29) is 11.9 Å². The fourth-order valence-corrected chi connectivity index (χ4v) is 4.63. The van der Waals surface area contributed by atoms with Crippen LogP contribution in [-0.2, 0) is 0 Å². The van der Waals surface area contributed by atoms with Gasteiger partial charge in [0, 0.05) is 37.1 Å². The van der Waals surface area contributed by atoms with Gasteiger partial charge in [0.1, 0.15) is 5.82 Å². The van der Waals surface area contributed by atoms with Gasteiger partial charge in [0.2, 0.25) is 5.95 Å². The molecule has 0 bridgehead atoms. The van der Waals surface area contributed by atoms with E-state index in [1.807, 2.05) is 73.6 Å². The number of fused-ring (bicyclic) bond motifs is 2. The summed E-state index contributed by atoms with van der Waals surface area (Å²) in [6.45, 7) is 0. The molecule has 0 radical (unpaired) electrons. The molecule has 1 saturated carbocycles. The van der Waals surface area contributed by atoms with Crippen molar-refractivity contribution in [3.8, 4) is 0 Å². The van der Waals surface area contributed by atoms with Gasteiger partial charge in [0.05, 0.1) is 5.52 Å². The molecule has 5 rings (SSSR count). The van der Waals surface area contributed by atoms with E-state index in [9.17, 15) is 4.79 Å². The van der Waals surface area contributed by atoms with Gasteiger partial charge in [-0.15, -0.1) is 0 Å². The summed E-state index contributed by atoms with van der Waals surface area (Å²) >= 11 is 0.